The van der Waals surface area contributed by atoms with Gasteiger partial charge < -0.3 is 0 Å². The van der Waals surface area contributed by atoms with Gasteiger partial charge in [0.2, 0.25) is 0 Å². The van der Waals surface area contributed by atoms with Crippen molar-refractivity contribution in [3.05, 3.63) is 71.6 Å². The van der Waals surface area contributed by atoms with Crippen molar-refractivity contribution in [1.29, 1.82) is 0 Å². The Kier molecular flexibility index (Phi) is 8.97. The molecule has 0 bridgehead atoms. The first kappa shape index (κ1) is 19.2. The highest BCUT2D eigenvalue weighted by Gasteiger charge is 2.06. The topological polar surface area (TPSA) is 12.9 Å². The fourth-order valence-corrected chi connectivity index (χ4v) is 2.51. The molecule has 0 aliphatic carbocycles. The van der Waals surface area contributed by atoms with Crippen molar-refractivity contribution in [2.24, 2.45) is 0 Å². The van der Waals surface area contributed by atoms with Crippen molar-refractivity contribution in [3.8, 4) is 0 Å². The van der Waals surface area contributed by atoms with Gasteiger partial charge in [-0.1, -0.05) is 70.1 Å². The van der Waals surface area contributed by atoms with Crippen LogP contribution in [0.3, 0.4) is 0 Å². The molecular weight excluding hydrogens is 278 g/mol. The number of aryl methyl sites for hydroxylation is 1. The fraction of sp³-hybridized carbons (Fsp3) is 0.409. The number of unbranched alkanes of at least 4 members (excludes halogenated alkanes) is 2. The first-order valence-electron chi connectivity index (χ1n) is 8.80. The second-order valence-electron chi connectivity index (χ2n) is 5.88. The van der Waals surface area contributed by atoms with E-state index in [1.54, 1.807) is 0 Å². The molecule has 0 saturated carbocycles. The highest BCUT2D eigenvalue weighted by molar-refractivity contribution is 5.78. The van der Waals surface area contributed by atoms with Gasteiger partial charge in [0.05, 0.1) is 0 Å². The minimum atomic E-state index is 0.994. The highest BCUT2D eigenvalue weighted by atomic mass is 14.6. The standard InChI is InChI=1S/C22H31N/c1-6-9-10-11-12-13-21(16-20(8-3)18(4)5)22-17-23-15-14-19(22)7-2/h11-17H,4,6-10H2,1-3,5H3/b12-11+,20-16-,21-13+. The minimum absolute atomic E-state index is 0.994. The zero-order valence-corrected chi connectivity index (χ0v) is 15.2. The Balaban J connectivity index is 3.23. The van der Waals surface area contributed by atoms with Crippen LogP contribution < -0.4 is 0 Å². The predicted octanol–water partition coefficient (Wildman–Crippen LogP) is 6.69. The molecule has 124 valence electrons. The lowest BCUT2D eigenvalue weighted by atomic mass is 9.95. The third-order valence-corrected chi connectivity index (χ3v) is 4.00. The molecule has 0 aliphatic heterocycles. The number of allylic oxidation sites excluding steroid dienone is 7. The number of rotatable bonds is 9. The summed E-state index contributed by atoms with van der Waals surface area (Å²) in [5.41, 5.74) is 6.21. The SMILES string of the molecule is C=C(C)\C(=C/C(=C\C=C\CCCC)c1cnccc1CC)CC. The molecule has 0 N–H and O–H groups in total. The maximum Gasteiger partial charge on any atom is 0.0349 e. The van der Waals surface area contributed by atoms with Gasteiger partial charge in [-0.3, -0.25) is 4.98 Å². The van der Waals surface area contributed by atoms with Gasteiger partial charge in [-0.15, -0.1) is 0 Å². The Bertz CT molecular complexity index is 588. The Hall–Kier alpha value is -1.89. The lowest BCUT2D eigenvalue weighted by molar-refractivity contribution is 0.815. The second-order valence-corrected chi connectivity index (χ2v) is 5.88. The van der Waals surface area contributed by atoms with E-state index in [4.69, 9.17) is 0 Å². The van der Waals surface area contributed by atoms with E-state index in [0.29, 0.717) is 0 Å². The Morgan fingerprint density at radius 3 is 2.65 bits per heavy atom. The van der Waals surface area contributed by atoms with E-state index < -0.39 is 0 Å². The van der Waals surface area contributed by atoms with E-state index in [1.807, 2.05) is 12.4 Å². The van der Waals surface area contributed by atoms with Crippen LogP contribution in [0.4, 0.5) is 0 Å². The zero-order valence-electron chi connectivity index (χ0n) is 15.2. The number of hydrogen-bond acceptors (Lipinski definition) is 1. The first-order chi connectivity index (χ1) is 11.1. The van der Waals surface area contributed by atoms with E-state index in [9.17, 15) is 0 Å². The van der Waals surface area contributed by atoms with Crippen molar-refractivity contribution in [2.45, 2.75) is 59.8 Å². The first-order valence-corrected chi connectivity index (χ1v) is 8.80. The van der Waals surface area contributed by atoms with Crippen LogP contribution in [0.25, 0.3) is 5.57 Å². The molecule has 1 aromatic heterocycles. The molecule has 0 spiro atoms. The maximum absolute atomic E-state index is 4.33. The molecule has 1 nitrogen and oxygen atoms in total. The molecule has 0 unspecified atom stereocenters. The van der Waals surface area contributed by atoms with E-state index in [1.165, 1.54) is 35.1 Å². The molecule has 0 amide bonds. The average Bonchev–Trinajstić information content (AvgIpc) is 2.57. The summed E-state index contributed by atoms with van der Waals surface area (Å²) < 4.78 is 0. The molecule has 23 heavy (non-hydrogen) atoms. The van der Waals surface area contributed by atoms with Gasteiger partial charge in [0, 0.05) is 18.0 Å². The van der Waals surface area contributed by atoms with Gasteiger partial charge in [-0.25, -0.2) is 0 Å². The van der Waals surface area contributed by atoms with Gasteiger partial charge in [0.1, 0.15) is 0 Å². The third-order valence-electron chi connectivity index (χ3n) is 4.00. The molecule has 1 rings (SSSR count). The van der Waals surface area contributed by atoms with E-state index in [2.05, 4.69) is 69.6 Å². The molecular formula is C22H31N. The van der Waals surface area contributed by atoms with Crippen LogP contribution in [-0.2, 0) is 6.42 Å². The molecule has 1 heteroatoms. The monoisotopic (exact) mass is 309 g/mol. The van der Waals surface area contributed by atoms with E-state index >= 15 is 0 Å². The van der Waals surface area contributed by atoms with Crippen molar-refractivity contribution < 1.29 is 0 Å². The number of nitrogens with zero attached hydrogens (tertiary/aromatic N) is 1. The van der Waals surface area contributed by atoms with Crippen LogP contribution in [0.5, 0.6) is 0 Å². The van der Waals surface area contributed by atoms with Crippen LogP contribution in [0.2, 0.25) is 0 Å². The summed E-state index contributed by atoms with van der Waals surface area (Å²) in [7, 11) is 0. The molecule has 1 aromatic rings. The van der Waals surface area contributed by atoms with E-state index in [0.717, 1.165) is 24.8 Å². The largest absolute Gasteiger partial charge is 0.264 e. The highest BCUT2D eigenvalue weighted by Crippen LogP contribution is 2.24. The summed E-state index contributed by atoms with van der Waals surface area (Å²) >= 11 is 0. The Morgan fingerprint density at radius 2 is 2.04 bits per heavy atom. The smallest absolute Gasteiger partial charge is 0.0349 e. The summed E-state index contributed by atoms with van der Waals surface area (Å²) in [6, 6.07) is 2.12. The predicted molar refractivity (Wildman–Crippen MR) is 103 cm³/mol. The quantitative estimate of drug-likeness (QED) is 0.366. The lowest BCUT2D eigenvalue weighted by Crippen LogP contribution is -1.93. The molecule has 0 aliphatic rings. The summed E-state index contributed by atoms with van der Waals surface area (Å²) in [6.07, 6.45) is 18.4. The summed E-state index contributed by atoms with van der Waals surface area (Å²) in [6.45, 7) is 12.8. The summed E-state index contributed by atoms with van der Waals surface area (Å²) in [4.78, 5) is 4.33. The summed E-state index contributed by atoms with van der Waals surface area (Å²) in [5.74, 6) is 0. The van der Waals surface area contributed by atoms with Crippen molar-refractivity contribution in [3.63, 3.8) is 0 Å². The normalized spacial score (nSPS) is 12.9. The van der Waals surface area contributed by atoms with Crippen molar-refractivity contribution >= 4 is 5.57 Å². The van der Waals surface area contributed by atoms with Crippen LogP contribution in [0.1, 0.15) is 64.5 Å². The lowest BCUT2D eigenvalue weighted by Gasteiger charge is -2.11. The molecule has 0 saturated heterocycles. The van der Waals surface area contributed by atoms with Crippen molar-refractivity contribution in [2.75, 3.05) is 0 Å². The van der Waals surface area contributed by atoms with Crippen LogP contribution in [0, 0.1) is 0 Å². The van der Waals surface area contributed by atoms with Crippen LogP contribution in [0.15, 0.2) is 60.5 Å². The van der Waals surface area contributed by atoms with Gasteiger partial charge in [-0.05, 0) is 49.0 Å². The molecule has 0 fully saturated rings. The fourth-order valence-electron chi connectivity index (χ4n) is 2.51. The molecule has 1 heterocycles. The number of pyridine rings is 1. The van der Waals surface area contributed by atoms with Crippen LogP contribution >= 0.6 is 0 Å². The van der Waals surface area contributed by atoms with Gasteiger partial charge in [0.15, 0.2) is 0 Å². The molecule has 0 aromatic carbocycles. The maximum atomic E-state index is 4.33. The van der Waals surface area contributed by atoms with E-state index in [-0.39, 0.29) is 0 Å². The van der Waals surface area contributed by atoms with Crippen LogP contribution in [-0.4, -0.2) is 4.98 Å². The number of aromatic nitrogens is 1. The zero-order chi connectivity index (χ0) is 17.1. The average molecular weight is 309 g/mol. The second kappa shape index (κ2) is 10.8. The van der Waals surface area contributed by atoms with Gasteiger partial charge >= 0.3 is 0 Å². The Labute approximate surface area is 142 Å². The Morgan fingerprint density at radius 1 is 1.26 bits per heavy atom. The minimum Gasteiger partial charge on any atom is -0.264 e. The van der Waals surface area contributed by atoms with Crippen molar-refractivity contribution in [1.82, 2.24) is 4.98 Å². The number of hydrogen-bond donors (Lipinski definition) is 0. The summed E-state index contributed by atoms with van der Waals surface area (Å²) in [5, 5.41) is 0. The third kappa shape index (κ3) is 6.40. The molecule has 0 atom stereocenters. The van der Waals surface area contributed by atoms with Gasteiger partial charge in [0.25, 0.3) is 0 Å². The molecule has 0 radical (unpaired) electrons. The van der Waals surface area contributed by atoms with Gasteiger partial charge in [-0.2, -0.15) is 0 Å².